The van der Waals surface area contributed by atoms with E-state index in [4.69, 9.17) is 10.5 Å². The van der Waals surface area contributed by atoms with Crippen molar-refractivity contribution in [3.8, 4) is 5.75 Å². The van der Waals surface area contributed by atoms with Crippen molar-refractivity contribution in [3.63, 3.8) is 0 Å². The Balaban J connectivity index is 0.00000242. The average Bonchev–Trinajstić information content (AvgIpc) is 2.47. The van der Waals surface area contributed by atoms with Gasteiger partial charge in [0.1, 0.15) is 5.75 Å². The topological polar surface area (TPSA) is 50.9 Å². The quantitative estimate of drug-likeness (QED) is 0.405. The van der Waals surface area contributed by atoms with Gasteiger partial charge >= 0.3 is 0 Å². The standard InChI is InChI=1S/C16H24BrN3O.HI/c1-12-5-4-10-20(11-12)16(18)19-9-8-13-6-3-7-14(17)15(13)21-2;/h3,6-7,12H,4-5,8-11H2,1-2H3,(H2,18,19);1H. The molecule has 0 spiro atoms. The molecule has 1 aromatic carbocycles. The molecule has 0 aromatic heterocycles. The van der Waals surface area contributed by atoms with Gasteiger partial charge in [-0.1, -0.05) is 19.1 Å². The van der Waals surface area contributed by atoms with Gasteiger partial charge in [0.15, 0.2) is 5.96 Å². The molecule has 0 saturated carbocycles. The number of guanidine groups is 1. The summed E-state index contributed by atoms with van der Waals surface area (Å²) in [5.74, 6) is 2.27. The number of hydrogen-bond acceptors (Lipinski definition) is 2. The monoisotopic (exact) mass is 481 g/mol. The van der Waals surface area contributed by atoms with Crippen LogP contribution in [-0.2, 0) is 6.42 Å². The molecular formula is C16H25BrIN3O. The number of nitrogens with zero attached hydrogens (tertiary/aromatic N) is 2. The lowest BCUT2D eigenvalue weighted by Gasteiger charge is -2.31. The second-order valence-electron chi connectivity index (χ2n) is 5.62. The molecule has 2 N–H and O–H groups in total. The van der Waals surface area contributed by atoms with Crippen molar-refractivity contribution >= 4 is 45.9 Å². The van der Waals surface area contributed by atoms with Gasteiger partial charge in [0.05, 0.1) is 11.6 Å². The van der Waals surface area contributed by atoms with Gasteiger partial charge in [0, 0.05) is 19.6 Å². The van der Waals surface area contributed by atoms with E-state index in [0.29, 0.717) is 18.4 Å². The van der Waals surface area contributed by atoms with Gasteiger partial charge in [0.2, 0.25) is 0 Å². The Hall–Kier alpha value is -0.500. The average molecular weight is 482 g/mol. The Morgan fingerprint density at radius 3 is 2.95 bits per heavy atom. The third-order valence-corrected chi connectivity index (χ3v) is 4.51. The number of piperidine rings is 1. The Bertz CT molecular complexity index is 510. The van der Waals surface area contributed by atoms with Gasteiger partial charge in [0.25, 0.3) is 0 Å². The summed E-state index contributed by atoms with van der Waals surface area (Å²) < 4.78 is 6.40. The van der Waals surface area contributed by atoms with Crippen molar-refractivity contribution in [3.05, 3.63) is 28.2 Å². The van der Waals surface area contributed by atoms with E-state index in [-0.39, 0.29) is 24.0 Å². The van der Waals surface area contributed by atoms with Crippen molar-refractivity contribution in [2.45, 2.75) is 26.2 Å². The molecule has 22 heavy (non-hydrogen) atoms. The van der Waals surface area contributed by atoms with Crippen LogP contribution in [0.5, 0.6) is 5.75 Å². The second kappa shape index (κ2) is 9.60. The highest BCUT2D eigenvalue weighted by atomic mass is 127. The van der Waals surface area contributed by atoms with Gasteiger partial charge < -0.3 is 15.4 Å². The van der Waals surface area contributed by atoms with Crippen LogP contribution in [0.15, 0.2) is 27.7 Å². The van der Waals surface area contributed by atoms with Crippen LogP contribution < -0.4 is 10.5 Å². The summed E-state index contributed by atoms with van der Waals surface area (Å²) in [6.45, 7) is 5.00. The fourth-order valence-corrected chi connectivity index (χ4v) is 3.34. The first kappa shape index (κ1) is 19.5. The predicted molar refractivity (Wildman–Crippen MR) is 106 cm³/mol. The highest BCUT2D eigenvalue weighted by Gasteiger charge is 2.17. The molecule has 1 fully saturated rings. The van der Waals surface area contributed by atoms with Crippen LogP contribution in [0, 0.1) is 5.92 Å². The molecule has 124 valence electrons. The van der Waals surface area contributed by atoms with Crippen LogP contribution in [0.25, 0.3) is 0 Å². The number of aliphatic imine (C=N–C) groups is 1. The lowest BCUT2D eigenvalue weighted by atomic mass is 10.0. The summed E-state index contributed by atoms with van der Waals surface area (Å²) in [6.07, 6.45) is 3.32. The molecule has 0 bridgehead atoms. The van der Waals surface area contributed by atoms with E-state index in [1.165, 1.54) is 12.8 Å². The number of benzene rings is 1. The minimum absolute atomic E-state index is 0. The molecule has 0 aliphatic carbocycles. The molecule has 6 heteroatoms. The van der Waals surface area contributed by atoms with E-state index in [2.05, 4.69) is 38.8 Å². The molecule has 1 unspecified atom stereocenters. The third kappa shape index (κ3) is 5.30. The first-order chi connectivity index (χ1) is 10.1. The van der Waals surface area contributed by atoms with Crippen molar-refractivity contribution in [2.24, 2.45) is 16.6 Å². The fraction of sp³-hybridized carbons (Fsp3) is 0.562. The molecule has 0 amide bonds. The maximum absolute atomic E-state index is 6.11. The van der Waals surface area contributed by atoms with Crippen molar-refractivity contribution in [1.29, 1.82) is 0 Å². The summed E-state index contributed by atoms with van der Waals surface area (Å²) in [4.78, 5) is 6.73. The summed E-state index contributed by atoms with van der Waals surface area (Å²) in [6, 6.07) is 6.06. The molecule has 2 rings (SSSR count). The number of nitrogens with two attached hydrogens (primary N) is 1. The molecule has 1 aliphatic heterocycles. The van der Waals surface area contributed by atoms with Crippen molar-refractivity contribution in [2.75, 3.05) is 26.7 Å². The zero-order valence-corrected chi connectivity index (χ0v) is 17.1. The SMILES string of the molecule is COc1c(Br)cccc1CCN=C(N)N1CCCC(C)C1.I. The molecule has 1 aliphatic rings. The number of para-hydroxylation sites is 1. The smallest absolute Gasteiger partial charge is 0.191 e. The maximum atomic E-state index is 6.11. The number of methoxy groups -OCH3 is 1. The summed E-state index contributed by atoms with van der Waals surface area (Å²) in [7, 11) is 1.69. The number of hydrogen-bond donors (Lipinski definition) is 1. The lowest BCUT2D eigenvalue weighted by molar-refractivity contribution is 0.270. The van der Waals surface area contributed by atoms with E-state index >= 15 is 0 Å². The fourth-order valence-electron chi connectivity index (χ4n) is 2.77. The molecule has 1 heterocycles. The van der Waals surface area contributed by atoms with E-state index in [0.717, 1.165) is 35.3 Å². The number of halogens is 2. The highest BCUT2D eigenvalue weighted by Crippen LogP contribution is 2.28. The van der Waals surface area contributed by atoms with Gasteiger partial charge in [-0.05, 0) is 52.7 Å². The zero-order valence-electron chi connectivity index (χ0n) is 13.2. The van der Waals surface area contributed by atoms with E-state index < -0.39 is 0 Å². The molecular weight excluding hydrogens is 457 g/mol. The largest absolute Gasteiger partial charge is 0.495 e. The Kier molecular flexibility index (Phi) is 8.53. The number of likely N-dealkylation sites (tertiary alicyclic amines) is 1. The van der Waals surface area contributed by atoms with Crippen LogP contribution >= 0.6 is 39.9 Å². The van der Waals surface area contributed by atoms with Crippen LogP contribution in [0.1, 0.15) is 25.3 Å². The Labute approximate surface area is 158 Å². The highest BCUT2D eigenvalue weighted by molar-refractivity contribution is 14.0. The van der Waals surface area contributed by atoms with Gasteiger partial charge in [-0.25, -0.2) is 0 Å². The lowest BCUT2D eigenvalue weighted by Crippen LogP contribution is -2.43. The summed E-state index contributed by atoms with van der Waals surface area (Å²) in [5, 5.41) is 0. The molecule has 0 radical (unpaired) electrons. The number of rotatable bonds is 4. The van der Waals surface area contributed by atoms with E-state index in [1.54, 1.807) is 7.11 Å². The predicted octanol–water partition coefficient (Wildman–Crippen LogP) is 3.66. The van der Waals surface area contributed by atoms with Crippen LogP contribution in [0.3, 0.4) is 0 Å². The van der Waals surface area contributed by atoms with Crippen LogP contribution in [0.2, 0.25) is 0 Å². The van der Waals surface area contributed by atoms with Crippen LogP contribution in [-0.4, -0.2) is 37.6 Å². The van der Waals surface area contributed by atoms with Crippen molar-refractivity contribution < 1.29 is 4.74 Å². The maximum Gasteiger partial charge on any atom is 0.191 e. The molecule has 1 saturated heterocycles. The van der Waals surface area contributed by atoms with Crippen molar-refractivity contribution in [1.82, 2.24) is 4.90 Å². The minimum Gasteiger partial charge on any atom is -0.495 e. The van der Waals surface area contributed by atoms with Gasteiger partial charge in [-0.3, -0.25) is 4.99 Å². The third-order valence-electron chi connectivity index (χ3n) is 3.89. The second-order valence-corrected chi connectivity index (χ2v) is 6.47. The first-order valence-electron chi connectivity index (χ1n) is 7.48. The minimum atomic E-state index is 0. The zero-order chi connectivity index (χ0) is 15.2. The van der Waals surface area contributed by atoms with E-state index in [1.807, 2.05) is 12.1 Å². The molecule has 1 atom stereocenters. The van der Waals surface area contributed by atoms with Crippen LogP contribution in [0.4, 0.5) is 0 Å². The number of ether oxygens (including phenoxy) is 1. The van der Waals surface area contributed by atoms with E-state index in [9.17, 15) is 0 Å². The van der Waals surface area contributed by atoms with Gasteiger partial charge in [-0.2, -0.15) is 0 Å². The first-order valence-corrected chi connectivity index (χ1v) is 8.27. The summed E-state index contributed by atoms with van der Waals surface area (Å²) >= 11 is 3.50. The molecule has 1 aromatic rings. The molecule has 4 nitrogen and oxygen atoms in total. The van der Waals surface area contributed by atoms with Gasteiger partial charge in [-0.15, -0.1) is 24.0 Å². The normalized spacial score (nSPS) is 18.8. The Morgan fingerprint density at radius 2 is 2.27 bits per heavy atom. The Morgan fingerprint density at radius 1 is 1.50 bits per heavy atom. The summed E-state index contributed by atoms with van der Waals surface area (Å²) in [5.41, 5.74) is 7.26.